The molecule has 0 radical (unpaired) electrons. The van der Waals surface area contributed by atoms with E-state index in [2.05, 4.69) is 27.0 Å². The van der Waals surface area contributed by atoms with E-state index in [9.17, 15) is 4.79 Å². The third-order valence-electron chi connectivity index (χ3n) is 5.72. The van der Waals surface area contributed by atoms with Gasteiger partial charge >= 0.3 is 0 Å². The average Bonchev–Trinajstić information content (AvgIpc) is 3.26. The Labute approximate surface area is 204 Å². The summed E-state index contributed by atoms with van der Waals surface area (Å²) in [5.74, 6) is 0.699. The number of piperazine rings is 1. The molecule has 0 bridgehead atoms. The SMILES string of the molecule is CCN1CCN(c2ccc(Cl)cc2NC(=O)Cc2csc(COc3ccc(C)cc3)n2)CC1. The minimum absolute atomic E-state index is 0.109. The lowest BCUT2D eigenvalue weighted by Gasteiger charge is -2.36. The Hall–Kier alpha value is -2.61. The molecule has 1 aromatic heterocycles. The molecule has 1 fully saturated rings. The highest BCUT2D eigenvalue weighted by atomic mass is 35.5. The molecular weight excluding hydrogens is 456 g/mol. The summed E-state index contributed by atoms with van der Waals surface area (Å²) in [6, 6.07) is 13.6. The number of benzene rings is 2. The second-order valence-electron chi connectivity index (χ2n) is 8.14. The van der Waals surface area contributed by atoms with Crippen molar-refractivity contribution in [3.8, 4) is 5.75 Å². The van der Waals surface area contributed by atoms with E-state index in [1.54, 1.807) is 0 Å². The Morgan fingerprint density at radius 3 is 2.64 bits per heavy atom. The van der Waals surface area contributed by atoms with Gasteiger partial charge in [0.25, 0.3) is 0 Å². The van der Waals surface area contributed by atoms with E-state index < -0.39 is 0 Å². The number of rotatable bonds is 8. The van der Waals surface area contributed by atoms with Crippen LogP contribution in [0.2, 0.25) is 5.02 Å². The van der Waals surface area contributed by atoms with Gasteiger partial charge in [0.2, 0.25) is 5.91 Å². The molecular formula is C25H29ClN4O2S. The molecule has 6 nitrogen and oxygen atoms in total. The highest BCUT2D eigenvalue weighted by molar-refractivity contribution is 7.09. The minimum atomic E-state index is -0.109. The van der Waals surface area contributed by atoms with Crippen LogP contribution >= 0.6 is 22.9 Å². The lowest BCUT2D eigenvalue weighted by atomic mass is 10.2. The van der Waals surface area contributed by atoms with Crippen molar-refractivity contribution in [3.63, 3.8) is 0 Å². The number of thiazole rings is 1. The van der Waals surface area contributed by atoms with Crippen LogP contribution in [0.4, 0.5) is 11.4 Å². The first-order chi connectivity index (χ1) is 16.0. The number of aryl methyl sites for hydroxylation is 1. The number of carbonyl (C=O) groups excluding carboxylic acids is 1. The average molecular weight is 485 g/mol. The number of hydrogen-bond donors (Lipinski definition) is 1. The highest BCUT2D eigenvalue weighted by Gasteiger charge is 2.20. The summed E-state index contributed by atoms with van der Waals surface area (Å²) < 4.78 is 5.80. The normalized spacial score (nSPS) is 14.3. The molecule has 3 aromatic rings. The smallest absolute Gasteiger partial charge is 0.230 e. The first-order valence-corrected chi connectivity index (χ1v) is 12.5. The lowest BCUT2D eigenvalue weighted by molar-refractivity contribution is -0.115. The first-order valence-electron chi connectivity index (χ1n) is 11.2. The maximum atomic E-state index is 12.8. The first kappa shape index (κ1) is 23.5. The minimum Gasteiger partial charge on any atom is -0.486 e. The molecule has 0 saturated carbocycles. The van der Waals surface area contributed by atoms with Crippen molar-refractivity contribution in [2.45, 2.75) is 26.9 Å². The van der Waals surface area contributed by atoms with Crippen molar-refractivity contribution in [2.24, 2.45) is 0 Å². The molecule has 33 heavy (non-hydrogen) atoms. The zero-order chi connectivity index (χ0) is 23.2. The number of nitrogens with one attached hydrogen (secondary N) is 1. The molecule has 4 rings (SSSR count). The fourth-order valence-corrected chi connectivity index (χ4v) is 4.70. The van der Waals surface area contributed by atoms with Gasteiger partial charge in [-0.25, -0.2) is 4.98 Å². The molecule has 8 heteroatoms. The number of nitrogens with zero attached hydrogens (tertiary/aromatic N) is 3. The third-order valence-corrected chi connectivity index (χ3v) is 6.82. The number of halogens is 1. The van der Waals surface area contributed by atoms with Gasteiger partial charge in [-0.2, -0.15) is 0 Å². The topological polar surface area (TPSA) is 57.7 Å². The molecule has 1 amide bonds. The predicted molar refractivity (Wildman–Crippen MR) is 136 cm³/mol. The molecule has 1 saturated heterocycles. The fraction of sp³-hybridized carbons (Fsp3) is 0.360. The summed E-state index contributed by atoms with van der Waals surface area (Å²) in [7, 11) is 0. The molecule has 1 aliphatic rings. The number of amides is 1. The zero-order valence-corrected chi connectivity index (χ0v) is 20.6. The van der Waals surface area contributed by atoms with Crippen LogP contribution in [0.25, 0.3) is 0 Å². The van der Waals surface area contributed by atoms with E-state index in [1.165, 1.54) is 16.9 Å². The second kappa shape index (κ2) is 11.0. The summed E-state index contributed by atoms with van der Waals surface area (Å²) >= 11 is 7.74. The monoisotopic (exact) mass is 484 g/mol. The van der Waals surface area contributed by atoms with Crippen LogP contribution in [-0.2, 0) is 17.8 Å². The molecule has 0 unspecified atom stereocenters. The van der Waals surface area contributed by atoms with Crippen molar-refractivity contribution < 1.29 is 9.53 Å². The van der Waals surface area contributed by atoms with Gasteiger partial charge in [0.1, 0.15) is 17.4 Å². The van der Waals surface area contributed by atoms with E-state index in [0.29, 0.717) is 11.6 Å². The van der Waals surface area contributed by atoms with Crippen LogP contribution in [-0.4, -0.2) is 48.5 Å². The molecule has 1 aliphatic heterocycles. The fourth-order valence-electron chi connectivity index (χ4n) is 3.82. The number of aromatic nitrogens is 1. The number of ether oxygens (including phenoxy) is 1. The summed E-state index contributed by atoms with van der Waals surface area (Å²) in [5, 5.41) is 6.41. The van der Waals surface area contributed by atoms with Gasteiger partial charge in [-0.3, -0.25) is 4.79 Å². The highest BCUT2D eigenvalue weighted by Crippen LogP contribution is 2.30. The van der Waals surface area contributed by atoms with Gasteiger partial charge in [-0.05, 0) is 43.8 Å². The van der Waals surface area contributed by atoms with E-state index in [0.717, 1.165) is 60.5 Å². The Balaban J connectivity index is 1.35. The Kier molecular flexibility index (Phi) is 7.85. The van der Waals surface area contributed by atoms with Gasteiger partial charge in [0.05, 0.1) is 23.5 Å². The molecule has 174 valence electrons. The molecule has 0 aliphatic carbocycles. The molecule has 1 N–H and O–H groups in total. The predicted octanol–water partition coefficient (Wildman–Crippen LogP) is 5.01. The standard InChI is InChI=1S/C25H29ClN4O2S/c1-3-29-10-12-30(13-11-29)23-9-6-19(26)14-22(23)28-24(31)15-20-17-33-25(27-20)16-32-21-7-4-18(2)5-8-21/h4-9,14,17H,3,10-13,15-16H2,1-2H3,(H,28,31). The summed E-state index contributed by atoms with van der Waals surface area (Å²) in [4.78, 5) is 22.1. The third kappa shape index (κ3) is 6.47. The molecule has 2 aromatic carbocycles. The van der Waals surface area contributed by atoms with Crippen molar-refractivity contribution >= 4 is 40.2 Å². The molecule has 2 heterocycles. The van der Waals surface area contributed by atoms with Crippen molar-refractivity contribution in [1.82, 2.24) is 9.88 Å². The van der Waals surface area contributed by atoms with Crippen LogP contribution in [0.3, 0.4) is 0 Å². The zero-order valence-electron chi connectivity index (χ0n) is 19.0. The van der Waals surface area contributed by atoms with Gasteiger partial charge in [-0.15, -0.1) is 11.3 Å². The lowest BCUT2D eigenvalue weighted by Crippen LogP contribution is -2.46. The van der Waals surface area contributed by atoms with Gasteiger partial charge < -0.3 is 19.9 Å². The van der Waals surface area contributed by atoms with Crippen LogP contribution in [0.15, 0.2) is 47.8 Å². The van der Waals surface area contributed by atoms with E-state index in [-0.39, 0.29) is 12.3 Å². The molecule has 0 atom stereocenters. The summed E-state index contributed by atoms with van der Waals surface area (Å²) in [5.41, 5.74) is 3.68. The largest absolute Gasteiger partial charge is 0.486 e. The number of likely N-dealkylation sites (N-methyl/N-ethyl adjacent to an activating group) is 1. The van der Waals surface area contributed by atoms with Crippen LogP contribution in [0, 0.1) is 6.92 Å². The van der Waals surface area contributed by atoms with Gasteiger partial charge in [0.15, 0.2) is 0 Å². The maximum absolute atomic E-state index is 12.8. The summed E-state index contributed by atoms with van der Waals surface area (Å²) in [6.07, 6.45) is 0.205. The van der Waals surface area contributed by atoms with E-state index in [1.807, 2.05) is 54.8 Å². The maximum Gasteiger partial charge on any atom is 0.230 e. The van der Waals surface area contributed by atoms with Crippen molar-refractivity contribution in [2.75, 3.05) is 42.9 Å². The second-order valence-corrected chi connectivity index (χ2v) is 9.52. The summed E-state index contributed by atoms with van der Waals surface area (Å²) in [6.45, 7) is 9.55. The van der Waals surface area contributed by atoms with Gasteiger partial charge in [0, 0.05) is 36.6 Å². The Morgan fingerprint density at radius 1 is 1.15 bits per heavy atom. The van der Waals surface area contributed by atoms with Crippen molar-refractivity contribution in [3.05, 3.63) is 69.1 Å². The van der Waals surface area contributed by atoms with Crippen molar-refractivity contribution in [1.29, 1.82) is 0 Å². The van der Waals surface area contributed by atoms with Crippen LogP contribution in [0.5, 0.6) is 5.75 Å². The van der Waals surface area contributed by atoms with E-state index in [4.69, 9.17) is 16.3 Å². The number of anilines is 2. The Morgan fingerprint density at radius 2 is 1.91 bits per heavy atom. The van der Waals surface area contributed by atoms with Crippen LogP contribution in [0.1, 0.15) is 23.2 Å². The van der Waals surface area contributed by atoms with Crippen LogP contribution < -0.4 is 15.0 Å². The quantitative estimate of drug-likeness (QED) is 0.487. The number of carbonyl (C=O) groups is 1. The Bertz CT molecular complexity index is 1080. The molecule has 0 spiro atoms. The van der Waals surface area contributed by atoms with E-state index >= 15 is 0 Å². The van der Waals surface area contributed by atoms with Gasteiger partial charge in [-0.1, -0.05) is 36.2 Å². The number of hydrogen-bond acceptors (Lipinski definition) is 6.